The fraction of sp³-hybridized carbons (Fsp3) is 0.381. The molecule has 6 heteroatoms. The number of hydrogen-bond acceptors (Lipinski definition) is 5. The summed E-state index contributed by atoms with van der Waals surface area (Å²) >= 11 is 4.24. The summed E-state index contributed by atoms with van der Waals surface area (Å²) in [6, 6.07) is 16.5. The number of nitrogens with one attached hydrogen (secondary N) is 1. The number of hydrogen-bond donors (Lipinski definition) is 2. The van der Waals surface area contributed by atoms with Crippen LogP contribution in [0.15, 0.2) is 54.6 Å². The van der Waals surface area contributed by atoms with Gasteiger partial charge in [0.15, 0.2) is 0 Å². The third-order valence-electron chi connectivity index (χ3n) is 3.83. The van der Waals surface area contributed by atoms with Crippen molar-refractivity contribution in [1.29, 1.82) is 0 Å². The summed E-state index contributed by atoms with van der Waals surface area (Å²) in [6.07, 6.45) is 1.70. The second kappa shape index (κ2) is 12.4. The fourth-order valence-corrected chi connectivity index (χ4v) is 2.62. The maximum Gasteiger partial charge on any atom is 0.251 e. The largest absolute Gasteiger partial charge is 0.457 e. The van der Waals surface area contributed by atoms with Gasteiger partial charge in [0.2, 0.25) is 0 Å². The SMILES string of the molecule is CCOCOCC(CCCS)NC(=O)c1ccc(Oc2ccccc2)cc1. The van der Waals surface area contributed by atoms with Crippen LogP contribution < -0.4 is 10.1 Å². The van der Waals surface area contributed by atoms with E-state index in [1.807, 2.05) is 37.3 Å². The Hall–Kier alpha value is -2.02. The highest BCUT2D eigenvalue weighted by Crippen LogP contribution is 2.21. The van der Waals surface area contributed by atoms with Gasteiger partial charge >= 0.3 is 0 Å². The Bertz CT molecular complexity index is 664. The van der Waals surface area contributed by atoms with E-state index in [4.69, 9.17) is 14.2 Å². The molecule has 0 radical (unpaired) electrons. The van der Waals surface area contributed by atoms with Gasteiger partial charge in [-0.1, -0.05) is 18.2 Å². The fourth-order valence-electron chi connectivity index (χ4n) is 2.44. The smallest absolute Gasteiger partial charge is 0.251 e. The number of benzene rings is 2. The minimum Gasteiger partial charge on any atom is -0.457 e. The van der Waals surface area contributed by atoms with E-state index in [-0.39, 0.29) is 18.7 Å². The molecule has 1 unspecified atom stereocenters. The van der Waals surface area contributed by atoms with Gasteiger partial charge in [-0.05, 0) is 61.9 Å². The van der Waals surface area contributed by atoms with Crippen LogP contribution in [0.25, 0.3) is 0 Å². The van der Waals surface area contributed by atoms with Crippen LogP contribution in [-0.2, 0) is 9.47 Å². The Kier molecular flexibility index (Phi) is 9.76. The molecular formula is C21H27NO4S. The van der Waals surface area contributed by atoms with Gasteiger partial charge in [-0.2, -0.15) is 12.6 Å². The Morgan fingerprint density at radius 2 is 1.74 bits per heavy atom. The first kappa shape index (κ1) is 21.3. The standard InChI is InChI=1S/C21H27NO4S/c1-2-24-16-25-15-18(7-6-14-27)22-21(23)17-10-12-20(13-11-17)26-19-8-4-3-5-9-19/h3-5,8-13,18,27H,2,6-7,14-16H2,1H3,(H,22,23). The zero-order chi connectivity index (χ0) is 19.3. The lowest BCUT2D eigenvalue weighted by atomic mass is 10.1. The summed E-state index contributed by atoms with van der Waals surface area (Å²) < 4.78 is 16.4. The first-order valence-electron chi connectivity index (χ1n) is 9.13. The third kappa shape index (κ3) is 8.03. The minimum absolute atomic E-state index is 0.0784. The van der Waals surface area contributed by atoms with Crippen molar-refractivity contribution in [2.24, 2.45) is 0 Å². The molecular weight excluding hydrogens is 362 g/mol. The first-order valence-corrected chi connectivity index (χ1v) is 9.76. The van der Waals surface area contributed by atoms with E-state index in [2.05, 4.69) is 17.9 Å². The monoisotopic (exact) mass is 389 g/mol. The normalized spacial score (nSPS) is 11.8. The molecule has 0 bridgehead atoms. The summed E-state index contributed by atoms with van der Waals surface area (Å²) in [4.78, 5) is 12.5. The Labute approximate surface area is 166 Å². The molecule has 2 aromatic rings. The topological polar surface area (TPSA) is 56.8 Å². The molecule has 0 saturated carbocycles. The van der Waals surface area contributed by atoms with Crippen molar-refractivity contribution in [3.63, 3.8) is 0 Å². The second-order valence-electron chi connectivity index (χ2n) is 5.96. The van der Waals surface area contributed by atoms with Crippen LogP contribution in [0.2, 0.25) is 0 Å². The maximum absolute atomic E-state index is 12.5. The van der Waals surface area contributed by atoms with Gasteiger partial charge in [0, 0.05) is 12.2 Å². The highest BCUT2D eigenvalue weighted by atomic mass is 32.1. The lowest BCUT2D eigenvalue weighted by molar-refractivity contribution is -0.0556. The second-order valence-corrected chi connectivity index (χ2v) is 6.40. The van der Waals surface area contributed by atoms with E-state index < -0.39 is 0 Å². The summed E-state index contributed by atoms with van der Waals surface area (Å²) in [6.45, 7) is 3.16. The third-order valence-corrected chi connectivity index (χ3v) is 4.15. The molecule has 27 heavy (non-hydrogen) atoms. The van der Waals surface area contributed by atoms with Crippen molar-refractivity contribution in [2.75, 3.05) is 25.8 Å². The van der Waals surface area contributed by atoms with Gasteiger partial charge < -0.3 is 19.5 Å². The van der Waals surface area contributed by atoms with Crippen LogP contribution in [-0.4, -0.2) is 37.7 Å². The average Bonchev–Trinajstić information content (AvgIpc) is 2.70. The van der Waals surface area contributed by atoms with Gasteiger partial charge in [-0.15, -0.1) is 0 Å². The van der Waals surface area contributed by atoms with Crippen molar-refractivity contribution in [1.82, 2.24) is 5.32 Å². The van der Waals surface area contributed by atoms with E-state index >= 15 is 0 Å². The maximum atomic E-state index is 12.5. The van der Waals surface area contributed by atoms with Crippen LogP contribution in [0.5, 0.6) is 11.5 Å². The van der Waals surface area contributed by atoms with Crippen molar-refractivity contribution >= 4 is 18.5 Å². The number of carbonyl (C=O) groups is 1. The van der Waals surface area contributed by atoms with Crippen LogP contribution in [0.4, 0.5) is 0 Å². The molecule has 146 valence electrons. The van der Waals surface area contributed by atoms with Crippen molar-refractivity contribution in [3.05, 3.63) is 60.2 Å². The van der Waals surface area contributed by atoms with Crippen molar-refractivity contribution < 1.29 is 19.0 Å². The summed E-state index contributed by atoms with van der Waals surface area (Å²) in [5.41, 5.74) is 0.580. The molecule has 5 nitrogen and oxygen atoms in total. The van der Waals surface area contributed by atoms with Gasteiger partial charge in [0.25, 0.3) is 5.91 Å². The Morgan fingerprint density at radius 1 is 1.04 bits per heavy atom. The molecule has 0 saturated heterocycles. The Morgan fingerprint density at radius 3 is 2.41 bits per heavy atom. The summed E-state index contributed by atoms with van der Waals surface area (Å²) in [5.74, 6) is 2.08. The van der Waals surface area contributed by atoms with Crippen LogP contribution >= 0.6 is 12.6 Å². The van der Waals surface area contributed by atoms with Crippen LogP contribution in [0.1, 0.15) is 30.1 Å². The average molecular weight is 390 g/mol. The summed E-state index contributed by atoms with van der Waals surface area (Å²) in [5, 5.41) is 3.02. The molecule has 1 atom stereocenters. The molecule has 0 spiro atoms. The van der Waals surface area contributed by atoms with Gasteiger partial charge in [0.1, 0.15) is 18.3 Å². The van der Waals surface area contributed by atoms with E-state index in [1.54, 1.807) is 24.3 Å². The highest BCUT2D eigenvalue weighted by molar-refractivity contribution is 7.80. The molecule has 0 aromatic heterocycles. The molecule has 2 rings (SSSR count). The van der Waals surface area contributed by atoms with Crippen molar-refractivity contribution in [2.45, 2.75) is 25.8 Å². The Balaban J connectivity index is 1.89. The number of amides is 1. The van der Waals surface area contributed by atoms with E-state index in [1.165, 1.54) is 0 Å². The highest BCUT2D eigenvalue weighted by Gasteiger charge is 2.14. The van der Waals surface area contributed by atoms with E-state index in [0.29, 0.717) is 24.5 Å². The van der Waals surface area contributed by atoms with Gasteiger partial charge in [0.05, 0.1) is 12.6 Å². The first-order chi connectivity index (χ1) is 13.2. The van der Waals surface area contributed by atoms with Crippen LogP contribution in [0, 0.1) is 0 Å². The van der Waals surface area contributed by atoms with E-state index in [9.17, 15) is 4.79 Å². The lowest BCUT2D eigenvalue weighted by Crippen LogP contribution is -2.38. The molecule has 0 aliphatic rings. The minimum atomic E-state index is -0.134. The van der Waals surface area contributed by atoms with Gasteiger partial charge in [-0.25, -0.2) is 0 Å². The zero-order valence-corrected chi connectivity index (χ0v) is 16.5. The molecule has 0 heterocycles. The predicted molar refractivity (Wildman–Crippen MR) is 110 cm³/mol. The zero-order valence-electron chi connectivity index (χ0n) is 15.6. The molecule has 0 aliphatic heterocycles. The van der Waals surface area contributed by atoms with E-state index in [0.717, 1.165) is 24.3 Å². The molecule has 1 amide bonds. The van der Waals surface area contributed by atoms with Gasteiger partial charge in [-0.3, -0.25) is 4.79 Å². The number of para-hydroxylation sites is 1. The number of thiol groups is 1. The summed E-state index contributed by atoms with van der Waals surface area (Å²) in [7, 11) is 0. The number of ether oxygens (including phenoxy) is 3. The quantitative estimate of drug-likeness (QED) is 0.323. The number of rotatable bonds is 12. The van der Waals surface area contributed by atoms with Crippen molar-refractivity contribution in [3.8, 4) is 11.5 Å². The lowest BCUT2D eigenvalue weighted by Gasteiger charge is -2.18. The molecule has 0 fully saturated rings. The molecule has 2 aromatic carbocycles. The van der Waals surface area contributed by atoms with Crippen LogP contribution in [0.3, 0.4) is 0 Å². The predicted octanol–water partition coefficient (Wildman–Crippen LogP) is 4.30. The number of carbonyl (C=O) groups excluding carboxylic acids is 1. The molecule has 1 N–H and O–H groups in total. The molecule has 0 aliphatic carbocycles.